The minimum absolute atomic E-state index is 0.253. The van der Waals surface area contributed by atoms with E-state index in [1.807, 2.05) is 11.6 Å². The van der Waals surface area contributed by atoms with E-state index in [1.165, 1.54) is 11.3 Å². The Balaban J connectivity index is 2.59. The van der Waals surface area contributed by atoms with E-state index in [-0.39, 0.29) is 5.84 Å². The molecular weight excluding hydrogens is 176 g/mol. The van der Waals surface area contributed by atoms with Crippen LogP contribution in [0.3, 0.4) is 0 Å². The quantitative estimate of drug-likeness (QED) is 0.563. The molecule has 0 saturated heterocycles. The van der Waals surface area contributed by atoms with Crippen LogP contribution in [0.15, 0.2) is 0 Å². The molecule has 78 valence electrons. The van der Waals surface area contributed by atoms with Crippen LogP contribution in [0.4, 0.5) is 0 Å². The van der Waals surface area contributed by atoms with Crippen LogP contribution >= 0.6 is 0 Å². The van der Waals surface area contributed by atoms with Crippen LogP contribution < -0.4 is 5.73 Å². The standard InChI is InChI=1S/C10H18N4/c1-7-8(2)13-14(9(7)3)6-4-5-10(11)12/h4-6H2,1-3H3,(H3,11,12). The van der Waals surface area contributed by atoms with E-state index in [0.29, 0.717) is 6.42 Å². The maximum absolute atomic E-state index is 7.11. The molecule has 0 saturated carbocycles. The van der Waals surface area contributed by atoms with Gasteiger partial charge in [0.2, 0.25) is 0 Å². The lowest BCUT2D eigenvalue weighted by Gasteiger charge is -2.03. The summed E-state index contributed by atoms with van der Waals surface area (Å²) in [4.78, 5) is 0. The highest BCUT2D eigenvalue weighted by atomic mass is 15.3. The molecule has 4 nitrogen and oxygen atoms in total. The first-order valence-corrected chi connectivity index (χ1v) is 4.86. The van der Waals surface area contributed by atoms with Crippen molar-refractivity contribution < 1.29 is 0 Å². The van der Waals surface area contributed by atoms with Crippen LogP contribution in [0.2, 0.25) is 0 Å². The average molecular weight is 194 g/mol. The summed E-state index contributed by atoms with van der Waals surface area (Å²) in [5.41, 5.74) is 8.84. The SMILES string of the molecule is Cc1nn(CCCC(=N)N)c(C)c1C. The van der Waals surface area contributed by atoms with E-state index in [2.05, 4.69) is 18.9 Å². The number of hydrogen-bond acceptors (Lipinski definition) is 2. The first kappa shape index (κ1) is 10.8. The lowest BCUT2D eigenvalue weighted by atomic mass is 10.2. The smallest absolute Gasteiger partial charge is 0.0905 e. The van der Waals surface area contributed by atoms with E-state index in [0.717, 1.165) is 18.7 Å². The van der Waals surface area contributed by atoms with E-state index in [4.69, 9.17) is 11.1 Å². The molecule has 0 amide bonds. The fourth-order valence-corrected chi connectivity index (χ4v) is 1.42. The molecule has 0 bridgehead atoms. The second kappa shape index (κ2) is 4.26. The Morgan fingerprint density at radius 1 is 1.43 bits per heavy atom. The molecule has 1 aromatic rings. The number of amidine groups is 1. The van der Waals surface area contributed by atoms with E-state index >= 15 is 0 Å². The van der Waals surface area contributed by atoms with Gasteiger partial charge in [0.05, 0.1) is 11.5 Å². The third kappa shape index (κ3) is 2.34. The summed E-state index contributed by atoms with van der Waals surface area (Å²) >= 11 is 0. The highest BCUT2D eigenvalue weighted by Crippen LogP contribution is 2.11. The molecule has 0 atom stereocenters. The highest BCUT2D eigenvalue weighted by molar-refractivity contribution is 5.76. The molecule has 1 heterocycles. The molecule has 0 aliphatic rings. The van der Waals surface area contributed by atoms with Gasteiger partial charge >= 0.3 is 0 Å². The van der Waals surface area contributed by atoms with Crippen molar-refractivity contribution in [1.82, 2.24) is 9.78 Å². The van der Waals surface area contributed by atoms with Gasteiger partial charge in [0.15, 0.2) is 0 Å². The molecular formula is C10H18N4. The summed E-state index contributed by atoms with van der Waals surface area (Å²) in [6, 6.07) is 0. The first-order chi connectivity index (χ1) is 6.52. The number of nitrogens with two attached hydrogens (primary N) is 1. The van der Waals surface area contributed by atoms with Crippen molar-refractivity contribution in [2.75, 3.05) is 0 Å². The molecule has 0 aromatic carbocycles. The number of hydrogen-bond donors (Lipinski definition) is 2. The number of nitrogens with zero attached hydrogens (tertiary/aromatic N) is 2. The molecule has 14 heavy (non-hydrogen) atoms. The van der Waals surface area contributed by atoms with Crippen molar-refractivity contribution in [2.45, 2.75) is 40.2 Å². The summed E-state index contributed by atoms with van der Waals surface area (Å²) in [5.74, 6) is 0.253. The van der Waals surface area contributed by atoms with Crippen LogP contribution in [0, 0.1) is 26.2 Å². The van der Waals surface area contributed by atoms with Gasteiger partial charge in [-0.2, -0.15) is 5.10 Å². The van der Waals surface area contributed by atoms with Gasteiger partial charge in [-0.3, -0.25) is 10.1 Å². The second-order valence-electron chi connectivity index (χ2n) is 3.65. The van der Waals surface area contributed by atoms with Gasteiger partial charge < -0.3 is 5.73 Å². The number of rotatable bonds is 4. The van der Waals surface area contributed by atoms with Crippen LogP contribution in [0.1, 0.15) is 29.8 Å². The summed E-state index contributed by atoms with van der Waals surface area (Å²) in [7, 11) is 0. The van der Waals surface area contributed by atoms with Gasteiger partial charge in [-0.25, -0.2) is 0 Å². The predicted octanol–water partition coefficient (Wildman–Crippen LogP) is 1.52. The highest BCUT2D eigenvalue weighted by Gasteiger charge is 2.06. The molecule has 3 N–H and O–H groups in total. The third-order valence-electron chi connectivity index (χ3n) is 2.56. The number of nitrogens with one attached hydrogen (secondary N) is 1. The van der Waals surface area contributed by atoms with Crippen molar-refractivity contribution in [2.24, 2.45) is 5.73 Å². The second-order valence-corrected chi connectivity index (χ2v) is 3.65. The summed E-state index contributed by atoms with van der Waals surface area (Å²) in [6.07, 6.45) is 1.54. The lowest BCUT2D eigenvalue weighted by molar-refractivity contribution is 0.570. The molecule has 0 aliphatic heterocycles. The Labute approximate surface area is 84.6 Å². The number of aromatic nitrogens is 2. The summed E-state index contributed by atoms with van der Waals surface area (Å²) < 4.78 is 1.99. The molecule has 1 aromatic heterocycles. The van der Waals surface area contributed by atoms with E-state index in [1.54, 1.807) is 0 Å². The van der Waals surface area contributed by atoms with Crippen molar-refractivity contribution in [3.05, 3.63) is 17.0 Å². The minimum Gasteiger partial charge on any atom is -0.388 e. The monoisotopic (exact) mass is 194 g/mol. The van der Waals surface area contributed by atoms with Crippen LogP contribution in [0.25, 0.3) is 0 Å². The Kier molecular flexibility index (Phi) is 3.28. The largest absolute Gasteiger partial charge is 0.388 e. The lowest BCUT2D eigenvalue weighted by Crippen LogP contribution is -2.11. The zero-order chi connectivity index (χ0) is 10.7. The Hall–Kier alpha value is -1.32. The van der Waals surface area contributed by atoms with Crippen molar-refractivity contribution in [1.29, 1.82) is 5.41 Å². The maximum atomic E-state index is 7.11. The zero-order valence-corrected chi connectivity index (χ0v) is 9.09. The fourth-order valence-electron chi connectivity index (χ4n) is 1.42. The first-order valence-electron chi connectivity index (χ1n) is 4.86. The molecule has 0 unspecified atom stereocenters. The van der Waals surface area contributed by atoms with Crippen molar-refractivity contribution in [3.63, 3.8) is 0 Å². The summed E-state index contributed by atoms with van der Waals surface area (Å²) in [6.45, 7) is 7.02. The van der Waals surface area contributed by atoms with Gasteiger partial charge in [-0.1, -0.05) is 0 Å². The Bertz CT molecular complexity index is 338. The molecule has 4 heteroatoms. The van der Waals surface area contributed by atoms with Gasteiger partial charge in [0.25, 0.3) is 0 Å². The van der Waals surface area contributed by atoms with Gasteiger partial charge in [0, 0.05) is 18.7 Å². The molecule has 0 spiro atoms. The maximum Gasteiger partial charge on any atom is 0.0905 e. The molecule has 0 fully saturated rings. The predicted molar refractivity (Wildman–Crippen MR) is 57.6 cm³/mol. The fraction of sp³-hybridized carbons (Fsp3) is 0.600. The Morgan fingerprint density at radius 2 is 2.07 bits per heavy atom. The molecule has 0 aliphatic carbocycles. The third-order valence-corrected chi connectivity index (χ3v) is 2.56. The minimum atomic E-state index is 0.253. The topological polar surface area (TPSA) is 67.7 Å². The van der Waals surface area contributed by atoms with Crippen LogP contribution in [-0.2, 0) is 6.54 Å². The van der Waals surface area contributed by atoms with Gasteiger partial charge in [-0.15, -0.1) is 0 Å². The van der Waals surface area contributed by atoms with Crippen LogP contribution in [0.5, 0.6) is 0 Å². The van der Waals surface area contributed by atoms with Crippen molar-refractivity contribution >= 4 is 5.84 Å². The average Bonchev–Trinajstić information content (AvgIpc) is 2.33. The van der Waals surface area contributed by atoms with Gasteiger partial charge in [0.1, 0.15) is 0 Å². The zero-order valence-electron chi connectivity index (χ0n) is 9.09. The number of aryl methyl sites for hydroxylation is 2. The van der Waals surface area contributed by atoms with Crippen LogP contribution in [-0.4, -0.2) is 15.6 Å². The molecule has 0 radical (unpaired) electrons. The molecule has 1 rings (SSSR count). The summed E-state index contributed by atoms with van der Waals surface area (Å²) in [5, 5.41) is 11.5. The van der Waals surface area contributed by atoms with E-state index in [9.17, 15) is 0 Å². The van der Waals surface area contributed by atoms with E-state index < -0.39 is 0 Å². The normalized spacial score (nSPS) is 10.5. The Morgan fingerprint density at radius 3 is 2.50 bits per heavy atom. The van der Waals surface area contributed by atoms with Crippen molar-refractivity contribution in [3.8, 4) is 0 Å². The van der Waals surface area contributed by atoms with Gasteiger partial charge in [-0.05, 0) is 32.8 Å².